The normalized spacial score (nSPS) is 6.67. The van der Waals surface area contributed by atoms with Gasteiger partial charge in [-0.1, -0.05) is 12.1 Å². The first kappa shape index (κ1) is 6.47. The number of hydrogen-bond donors (Lipinski definition) is 0. The summed E-state index contributed by atoms with van der Waals surface area (Å²) in [7, 11) is 0. The van der Waals surface area contributed by atoms with E-state index in [-0.39, 0.29) is 25.9 Å². The first-order valence-electron chi connectivity index (χ1n) is 1.47. The predicted octanol–water partition coefficient (Wildman–Crippen LogP) is 1.59. The third-order valence-electron chi connectivity index (χ3n) is 0.425. The van der Waals surface area contributed by atoms with Crippen molar-refractivity contribution in [1.82, 2.24) is 0 Å². The maximum atomic E-state index is 2.04. The van der Waals surface area contributed by atoms with E-state index in [2.05, 4.69) is 0 Å². The van der Waals surface area contributed by atoms with E-state index < -0.39 is 0 Å². The molecule has 1 aromatic rings. The van der Waals surface area contributed by atoms with Crippen LogP contribution in [0.25, 0.3) is 0 Å². The molecule has 6 heavy (non-hydrogen) atoms. The van der Waals surface area contributed by atoms with Crippen molar-refractivity contribution >= 4 is 34.4 Å². The van der Waals surface area contributed by atoms with Gasteiger partial charge < -0.3 is 2.85 Å². The van der Waals surface area contributed by atoms with Gasteiger partial charge in [0.05, 0.1) is 0 Å². The fraction of sp³-hybridized carbons (Fsp3) is 0. The van der Waals surface area contributed by atoms with Crippen molar-refractivity contribution in [1.29, 1.82) is 0 Å². The molecule has 0 nitrogen and oxygen atoms in total. The Kier molecular flexibility index (Phi) is 3.93. The van der Waals surface area contributed by atoms with Gasteiger partial charge in [-0.25, -0.2) is 0 Å². The molecule has 0 aliphatic carbocycles. The molecule has 0 saturated carbocycles. The Labute approximate surface area is 60.3 Å². The second kappa shape index (κ2) is 3.65. The van der Waals surface area contributed by atoms with Crippen molar-refractivity contribution in [2.75, 3.05) is 0 Å². The number of hydrogen-bond acceptors (Lipinski definition) is 1. The molecule has 0 bridgehead atoms. The Bertz CT molecular complexity index is 70.5. The summed E-state index contributed by atoms with van der Waals surface area (Å²) in [5.74, 6) is 0. The van der Waals surface area contributed by atoms with Crippen molar-refractivity contribution in [3.63, 3.8) is 0 Å². The van der Waals surface area contributed by atoms with Gasteiger partial charge in [0.15, 0.2) is 0 Å². The zero-order chi connectivity index (χ0) is 3.54. The van der Waals surface area contributed by atoms with Crippen molar-refractivity contribution in [3.05, 3.63) is 22.9 Å². The van der Waals surface area contributed by atoms with Crippen LogP contribution >= 0.6 is 11.3 Å². The molecule has 0 amide bonds. The largest absolute Gasteiger partial charge is 2.00 e. The maximum Gasteiger partial charge on any atom is 2.00 e. The van der Waals surface area contributed by atoms with Gasteiger partial charge in [0.1, 0.15) is 0 Å². The molecule has 0 radical (unpaired) electrons. The molecule has 0 fully saturated rings. The Balaban J connectivity index is -0.0000000833. The Morgan fingerprint density at radius 3 is 1.83 bits per heavy atom. The summed E-state index contributed by atoms with van der Waals surface area (Å²) >= 11 is 1.71. The average Bonchev–Trinajstić information content (AvgIpc) is 1.76. The summed E-state index contributed by atoms with van der Waals surface area (Å²) in [5.41, 5.74) is 0. The molecule has 0 saturated heterocycles. The standard InChI is InChI=1S/C4H4S.Mg.2H/c1-2-4-5-3-1;;;/h1-4H;;;/q;+2;2*-1. The molecule has 2 heteroatoms. The summed E-state index contributed by atoms with van der Waals surface area (Å²) < 4.78 is 0. The summed E-state index contributed by atoms with van der Waals surface area (Å²) in [6.07, 6.45) is 0. The molecular formula is C4H6MgS. The quantitative estimate of drug-likeness (QED) is 0.445. The first-order chi connectivity index (χ1) is 2.50. The Morgan fingerprint density at radius 1 is 1.17 bits per heavy atom. The predicted molar refractivity (Wildman–Crippen MR) is 32.3 cm³/mol. The van der Waals surface area contributed by atoms with E-state index in [0.717, 1.165) is 0 Å². The minimum atomic E-state index is 0. The van der Waals surface area contributed by atoms with Crippen LogP contribution in [0.4, 0.5) is 0 Å². The third-order valence-corrected chi connectivity index (χ3v) is 1.05. The summed E-state index contributed by atoms with van der Waals surface area (Å²) in [6, 6.07) is 4.04. The Hall–Kier alpha value is 0.466. The van der Waals surface area contributed by atoms with Crippen LogP contribution < -0.4 is 0 Å². The monoisotopic (exact) mass is 110 g/mol. The fourth-order valence-corrected chi connectivity index (χ4v) is 0.680. The molecule has 30 valence electrons. The molecule has 0 atom stereocenters. The van der Waals surface area contributed by atoms with E-state index in [1.807, 2.05) is 22.9 Å². The SMILES string of the molecule is [H-].[H-].[Mg+2].c1ccsc1. The molecule has 0 aromatic carbocycles. The van der Waals surface area contributed by atoms with E-state index in [1.165, 1.54) is 0 Å². The molecule has 1 rings (SSSR count). The minimum Gasteiger partial charge on any atom is -1.00 e. The van der Waals surface area contributed by atoms with Gasteiger partial charge in [-0.2, -0.15) is 11.3 Å². The van der Waals surface area contributed by atoms with E-state index in [9.17, 15) is 0 Å². The molecule has 0 N–H and O–H groups in total. The molecular weight excluding hydrogens is 104 g/mol. The van der Waals surface area contributed by atoms with Crippen LogP contribution in [0.1, 0.15) is 2.85 Å². The van der Waals surface area contributed by atoms with Crippen LogP contribution in [0.3, 0.4) is 0 Å². The molecule has 1 heterocycles. The van der Waals surface area contributed by atoms with Crippen LogP contribution in [0, 0.1) is 0 Å². The summed E-state index contributed by atoms with van der Waals surface area (Å²) in [6.45, 7) is 0. The van der Waals surface area contributed by atoms with Gasteiger partial charge >= 0.3 is 23.1 Å². The summed E-state index contributed by atoms with van der Waals surface area (Å²) in [5, 5.41) is 4.08. The minimum absolute atomic E-state index is 0. The fourth-order valence-electron chi connectivity index (χ4n) is 0.227. The number of thiophene rings is 1. The smallest absolute Gasteiger partial charge is 1.00 e. The number of rotatable bonds is 0. The van der Waals surface area contributed by atoms with Gasteiger partial charge in [-0.15, -0.1) is 0 Å². The van der Waals surface area contributed by atoms with Crippen molar-refractivity contribution in [2.45, 2.75) is 0 Å². The third kappa shape index (κ3) is 1.80. The maximum absolute atomic E-state index is 2.04. The van der Waals surface area contributed by atoms with Crippen LogP contribution in [0.5, 0.6) is 0 Å². The average molecular weight is 110 g/mol. The topological polar surface area (TPSA) is 0 Å². The van der Waals surface area contributed by atoms with E-state index >= 15 is 0 Å². The zero-order valence-electron chi connectivity index (χ0n) is 5.42. The van der Waals surface area contributed by atoms with Crippen molar-refractivity contribution < 1.29 is 2.85 Å². The van der Waals surface area contributed by atoms with E-state index in [4.69, 9.17) is 0 Å². The Morgan fingerprint density at radius 2 is 1.67 bits per heavy atom. The van der Waals surface area contributed by atoms with Gasteiger partial charge in [0.25, 0.3) is 0 Å². The van der Waals surface area contributed by atoms with Crippen LogP contribution in [0.2, 0.25) is 0 Å². The molecule has 0 unspecified atom stereocenters. The van der Waals surface area contributed by atoms with Crippen LogP contribution in [0.15, 0.2) is 22.9 Å². The van der Waals surface area contributed by atoms with Crippen LogP contribution in [-0.4, -0.2) is 23.1 Å². The van der Waals surface area contributed by atoms with Gasteiger partial charge in [0.2, 0.25) is 0 Å². The van der Waals surface area contributed by atoms with Crippen molar-refractivity contribution in [3.8, 4) is 0 Å². The van der Waals surface area contributed by atoms with E-state index in [0.29, 0.717) is 0 Å². The molecule has 0 spiro atoms. The second-order valence-corrected chi connectivity index (χ2v) is 1.61. The van der Waals surface area contributed by atoms with Crippen molar-refractivity contribution in [2.24, 2.45) is 0 Å². The first-order valence-corrected chi connectivity index (χ1v) is 2.41. The second-order valence-electron chi connectivity index (χ2n) is 0.793. The molecule has 1 aromatic heterocycles. The zero-order valence-corrected chi connectivity index (χ0v) is 5.66. The van der Waals surface area contributed by atoms with Gasteiger partial charge in [0, 0.05) is 0 Å². The van der Waals surface area contributed by atoms with E-state index in [1.54, 1.807) is 11.3 Å². The summed E-state index contributed by atoms with van der Waals surface area (Å²) in [4.78, 5) is 0. The molecule has 0 aliphatic heterocycles. The van der Waals surface area contributed by atoms with Crippen LogP contribution in [-0.2, 0) is 0 Å². The van der Waals surface area contributed by atoms with Gasteiger partial charge in [-0.05, 0) is 10.8 Å². The van der Waals surface area contributed by atoms with Gasteiger partial charge in [-0.3, -0.25) is 0 Å². The molecule has 0 aliphatic rings.